The first-order valence-corrected chi connectivity index (χ1v) is 7.23. The predicted molar refractivity (Wildman–Crippen MR) is 73.7 cm³/mol. The number of aromatic nitrogens is 1. The quantitative estimate of drug-likeness (QED) is 0.780. The van der Waals surface area contributed by atoms with E-state index in [4.69, 9.17) is 16.3 Å². The van der Waals surface area contributed by atoms with Gasteiger partial charge in [0.2, 0.25) is 0 Å². The summed E-state index contributed by atoms with van der Waals surface area (Å²) in [4.78, 5) is 18.5. The molecular formula is C12H17ClN2O2S. The molecule has 0 saturated heterocycles. The Hall–Kier alpha value is -0.810. The molecule has 0 spiro atoms. The van der Waals surface area contributed by atoms with Gasteiger partial charge in [0.15, 0.2) is 15.2 Å². The van der Waals surface area contributed by atoms with E-state index >= 15 is 0 Å². The van der Waals surface area contributed by atoms with E-state index in [1.54, 1.807) is 0 Å². The van der Waals surface area contributed by atoms with E-state index in [9.17, 15) is 4.79 Å². The van der Waals surface area contributed by atoms with Gasteiger partial charge in [0, 0.05) is 12.6 Å². The van der Waals surface area contributed by atoms with E-state index in [0.29, 0.717) is 16.8 Å². The van der Waals surface area contributed by atoms with E-state index in [-0.39, 0.29) is 5.15 Å². The van der Waals surface area contributed by atoms with Crippen LogP contribution in [0.5, 0.6) is 0 Å². The van der Waals surface area contributed by atoms with Gasteiger partial charge in [0.25, 0.3) is 0 Å². The Morgan fingerprint density at radius 3 is 2.78 bits per heavy atom. The Kier molecular flexibility index (Phi) is 4.12. The maximum atomic E-state index is 11.5. The van der Waals surface area contributed by atoms with Crippen LogP contribution in [0.2, 0.25) is 5.15 Å². The topological polar surface area (TPSA) is 42.4 Å². The molecular weight excluding hydrogens is 272 g/mol. The Morgan fingerprint density at radius 1 is 1.61 bits per heavy atom. The van der Waals surface area contributed by atoms with Crippen LogP contribution in [-0.2, 0) is 4.74 Å². The van der Waals surface area contributed by atoms with Gasteiger partial charge in [-0.25, -0.2) is 9.78 Å². The van der Waals surface area contributed by atoms with Gasteiger partial charge in [-0.2, -0.15) is 0 Å². The minimum absolute atomic E-state index is 0.247. The largest absolute Gasteiger partial charge is 0.465 e. The number of halogens is 1. The van der Waals surface area contributed by atoms with Crippen molar-refractivity contribution in [3.8, 4) is 0 Å². The molecule has 1 fully saturated rings. The highest BCUT2D eigenvalue weighted by Gasteiger charge is 2.32. The number of anilines is 1. The third-order valence-corrected chi connectivity index (χ3v) is 4.20. The van der Waals surface area contributed by atoms with Crippen molar-refractivity contribution in [2.24, 2.45) is 5.92 Å². The highest BCUT2D eigenvalue weighted by Crippen LogP contribution is 2.37. The van der Waals surface area contributed by atoms with Crippen LogP contribution in [0.3, 0.4) is 0 Å². The molecule has 1 aliphatic rings. The molecule has 2 rings (SSSR count). The zero-order valence-electron chi connectivity index (χ0n) is 10.8. The van der Waals surface area contributed by atoms with Crippen LogP contribution in [0, 0.1) is 5.92 Å². The fourth-order valence-electron chi connectivity index (χ4n) is 1.80. The molecule has 0 bridgehead atoms. The van der Waals surface area contributed by atoms with E-state index < -0.39 is 5.97 Å². The summed E-state index contributed by atoms with van der Waals surface area (Å²) in [6, 6.07) is 0.556. The smallest absolute Gasteiger partial charge is 0.351 e. The molecule has 0 unspecified atom stereocenters. The average molecular weight is 289 g/mol. The van der Waals surface area contributed by atoms with Crippen molar-refractivity contribution in [3.63, 3.8) is 0 Å². The maximum Gasteiger partial charge on any atom is 0.351 e. The summed E-state index contributed by atoms with van der Waals surface area (Å²) in [5.74, 6) is 0.138. The zero-order chi connectivity index (χ0) is 13.3. The zero-order valence-corrected chi connectivity index (χ0v) is 12.3. The van der Waals surface area contributed by atoms with Gasteiger partial charge >= 0.3 is 5.97 Å². The van der Waals surface area contributed by atoms with E-state index in [1.807, 2.05) is 0 Å². The van der Waals surface area contributed by atoms with Gasteiger partial charge in [0.05, 0.1) is 7.11 Å². The number of rotatable bonds is 5. The lowest BCUT2D eigenvalue weighted by molar-refractivity contribution is 0.0606. The summed E-state index contributed by atoms with van der Waals surface area (Å²) in [6.07, 6.45) is 2.38. The Bertz CT molecular complexity index is 443. The molecule has 1 aliphatic carbocycles. The molecule has 1 aromatic heterocycles. The monoisotopic (exact) mass is 288 g/mol. The van der Waals surface area contributed by atoms with Gasteiger partial charge in [-0.1, -0.05) is 36.8 Å². The average Bonchev–Trinajstić information content (AvgIpc) is 3.08. The van der Waals surface area contributed by atoms with Crippen molar-refractivity contribution >= 4 is 34.0 Å². The highest BCUT2D eigenvalue weighted by atomic mass is 35.5. The van der Waals surface area contributed by atoms with E-state index in [1.165, 1.54) is 31.3 Å². The number of carbonyl (C=O) groups excluding carboxylic acids is 1. The van der Waals surface area contributed by atoms with Crippen molar-refractivity contribution in [3.05, 3.63) is 10.0 Å². The van der Waals surface area contributed by atoms with Crippen LogP contribution in [-0.4, -0.2) is 30.6 Å². The first kappa shape index (κ1) is 13.6. The molecule has 1 aromatic rings. The van der Waals surface area contributed by atoms with Crippen LogP contribution in [0.25, 0.3) is 0 Å². The summed E-state index contributed by atoms with van der Waals surface area (Å²) >= 11 is 7.32. The molecule has 0 radical (unpaired) electrons. The first-order chi connectivity index (χ1) is 8.52. The molecule has 0 aromatic carbocycles. The number of methoxy groups -OCH3 is 1. The fraction of sp³-hybridized carbons (Fsp3) is 0.667. The summed E-state index contributed by atoms with van der Waals surface area (Å²) in [5.41, 5.74) is 0. The van der Waals surface area contributed by atoms with Crippen LogP contribution < -0.4 is 4.90 Å². The molecule has 18 heavy (non-hydrogen) atoms. The normalized spacial score (nSPS) is 14.9. The lowest BCUT2D eigenvalue weighted by Gasteiger charge is -2.23. The molecule has 0 amide bonds. The molecule has 1 heterocycles. The second-order valence-corrected chi connectivity index (χ2v) is 6.22. The lowest BCUT2D eigenvalue weighted by Crippen LogP contribution is -2.29. The first-order valence-electron chi connectivity index (χ1n) is 6.04. The second-order valence-electron chi connectivity index (χ2n) is 4.89. The number of hydrogen-bond acceptors (Lipinski definition) is 5. The van der Waals surface area contributed by atoms with Crippen LogP contribution >= 0.6 is 22.9 Å². The standard InChI is InChI=1S/C12H17ClN2O2S/c1-7(2)6-15(8-4-5-8)12-14-10(13)9(18-12)11(16)17-3/h7-8H,4-6H2,1-3H3. The van der Waals surface area contributed by atoms with Gasteiger partial charge in [0.1, 0.15) is 0 Å². The van der Waals surface area contributed by atoms with Crippen molar-refractivity contribution in [2.45, 2.75) is 32.7 Å². The Balaban J connectivity index is 2.22. The van der Waals surface area contributed by atoms with Gasteiger partial charge < -0.3 is 9.64 Å². The van der Waals surface area contributed by atoms with Crippen molar-refractivity contribution in [1.29, 1.82) is 0 Å². The third-order valence-electron chi connectivity index (χ3n) is 2.74. The fourth-order valence-corrected chi connectivity index (χ4v) is 3.08. The number of carbonyl (C=O) groups is 1. The molecule has 0 atom stereocenters. The number of nitrogens with zero attached hydrogens (tertiary/aromatic N) is 2. The van der Waals surface area contributed by atoms with Crippen molar-refractivity contribution < 1.29 is 9.53 Å². The predicted octanol–water partition coefficient (Wildman–Crippen LogP) is 3.21. The Labute approximate surface area is 116 Å². The molecule has 0 N–H and O–H groups in total. The summed E-state index contributed by atoms with van der Waals surface area (Å²) in [7, 11) is 1.35. The lowest BCUT2D eigenvalue weighted by atomic mass is 10.2. The minimum Gasteiger partial charge on any atom is -0.465 e. The van der Waals surface area contributed by atoms with Gasteiger partial charge in [-0.3, -0.25) is 0 Å². The number of ether oxygens (including phenoxy) is 1. The number of esters is 1. The molecule has 100 valence electrons. The minimum atomic E-state index is -0.413. The molecule has 1 saturated carbocycles. The van der Waals surface area contributed by atoms with Gasteiger partial charge in [-0.05, 0) is 18.8 Å². The van der Waals surface area contributed by atoms with Crippen molar-refractivity contribution in [1.82, 2.24) is 4.98 Å². The Morgan fingerprint density at radius 2 is 2.28 bits per heavy atom. The van der Waals surface area contributed by atoms with Crippen LogP contribution in [0.15, 0.2) is 0 Å². The SMILES string of the molecule is COC(=O)c1sc(N(CC(C)C)C2CC2)nc1Cl. The van der Waals surface area contributed by atoms with Crippen LogP contribution in [0.1, 0.15) is 36.4 Å². The highest BCUT2D eigenvalue weighted by molar-refractivity contribution is 7.18. The molecule has 4 nitrogen and oxygen atoms in total. The third kappa shape index (κ3) is 2.95. The number of thiazole rings is 1. The summed E-state index contributed by atoms with van der Waals surface area (Å²) in [6.45, 7) is 5.28. The van der Waals surface area contributed by atoms with Crippen molar-refractivity contribution in [2.75, 3.05) is 18.6 Å². The van der Waals surface area contributed by atoms with E-state index in [2.05, 4.69) is 23.7 Å². The summed E-state index contributed by atoms with van der Waals surface area (Å²) < 4.78 is 4.70. The van der Waals surface area contributed by atoms with Crippen LogP contribution in [0.4, 0.5) is 5.13 Å². The molecule has 0 aliphatic heterocycles. The van der Waals surface area contributed by atoms with E-state index in [0.717, 1.165) is 11.7 Å². The second kappa shape index (κ2) is 5.45. The molecule has 6 heteroatoms. The van der Waals surface area contributed by atoms with Gasteiger partial charge in [-0.15, -0.1) is 0 Å². The summed E-state index contributed by atoms with van der Waals surface area (Å²) in [5, 5.41) is 1.08. The number of hydrogen-bond donors (Lipinski definition) is 0. The maximum absolute atomic E-state index is 11.5.